The molecule has 11 heteroatoms. The Balaban J connectivity index is 1.31. The lowest BCUT2D eigenvalue weighted by atomic mass is 10.1. The molecule has 5 rings (SSSR count). The zero-order valence-electron chi connectivity index (χ0n) is 21.7. The third-order valence-electron chi connectivity index (χ3n) is 7.15. The molecular formula is C29H30F3O6S2+. The van der Waals surface area contributed by atoms with Crippen LogP contribution in [0, 0.1) is 0 Å². The number of hydrogen-bond acceptors (Lipinski definition) is 5. The fourth-order valence-corrected chi connectivity index (χ4v) is 7.55. The van der Waals surface area contributed by atoms with Crippen LogP contribution in [-0.4, -0.2) is 43.2 Å². The average Bonchev–Trinajstić information content (AvgIpc) is 3.49. The summed E-state index contributed by atoms with van der Waals surface area (Å²) >= 11 is 0. The Kier molecular flexibility index (Phi) is 8.22. The average molecular weight is 596 g/mol. The molecule has 2 aliphatic rings. The van der Waals surface area contributed by atoms with Crippen molar-refractivity contribution in [2.24, 2.45) is 0 Å². The molecule has 40 heavy (non-hydrogen) atoms. The third-order valence-corrected chi connectivity index (χ3v) is 10.3. The predicted octanol–water partition coefficient (Wildman–Crippen LogP) is 6.51. The van der Waals surface area contributed by atoms with Crippen molar-refractivity contribution in [3.8, 4) is 5.75 Å². The molecule has 1 saturated carbocycles. The summed E-state index contributed by atoms with van der Waals surface area (Å²) in [6, 6.07) is 25.2. The summed E-state index contributed by atoms with van der Waals surface area (Å²) in [5, 5.41) is -4.90. The molecule has 3 aromatic rings. The van der Waals surface area contributed by atoms with Crippen molar-refractivity contribution in [3.05, 3.63) is 84.4 Å². The number of alkyl halides is 3. The molecule has 1 aliphatic carbocycles. The van der Waals surface area contributed by atoms with E-state index in [1.54, 1.807) is 12.1 Å². The first-order chi connectivity index (χ1) is 19.0. The number of fused-ring (bicyclic) bond motifs is 1. The Hall–Kier alpha value is -2.57. The summed E-state index contributed by atoms with van der Waals surface area (Å²) in [5.41, 5.74) is 0.955. The third kappa shape index (κ3) is 5.89. The van der Waals surface area contributed by atoms with E-state index in [-0.39, 0.29) is 12.2 Å². The molecule has 2 fully saturated rings. The van der Waals surface area contributed by atoms with Crippen molar-refractivity contribution in [1.29, 1.82) is 0 Å². The van der Waals surface area contributed by atoms with E-state index in [0.29, 0.717) is 5.75 Å². The van der Waals surface area contributed by atoms with E-state index >= 15 is 0 Å². The van der Waals surface area contributed by atoms with E-state index in [2.05, 4.69) is 12.1 Å². The summed E-state index contributed by atoms with van der Waals surface area (Å²) in [4.78, 5) is 3.13. The van der Waals surface area contributed by atoms with Crippen LogP contribution in [0.2, 0.25) is 0 Å². The Bertz CT molecular complexity index is 1390. The molecule has 6 nitrogen and oxygen atoms in total. The van der Waals surface area contributed by atoms with E-state index < -0.39 is 51.3 Å². The fraction of sp³-hybridized carbons (Fsp3) is 0.379. The first-order valence-electron chi connectivity index (χ1n) is 13.0. The van der Waals surface area contributed by atoms with Crippen LogP contribution in [0.1, 0.15) is 38.2 Å². The van der Waals surface area contributed by atoms with Crippen LogP contribution in [-0.2, 0) is 36.3 Å². The van der Waals surface area contributed by atoms with Crippen LogP contribution in [0.25, 0.3) is 0 Å². The number of hydrogen-bond donors (Lipinski definition) is 1. The molecule has 4 atom stereocenters. The van der Waals surface area contributed by atoms with Crippen molar-refractivity contribution < 1.29 is 40.4 Å². The van der Waals surface area contributed by atoms with Gasteiger partial charge in [-0.05, 0) is 86.8 Å². The number of halogens is 3. The van der Waals surface area contributed by atoms with Crippen LogP contribution in [0.3, 0.4) is 0 Å². The van der Waals surface area contributed by atoms with E-state index in [4.69, 9.17) is 18.8 Å². The Labute approximate surface area is 234 Å². The van der Waals surface area contributed by atoms with Crippen molar-refractivity contribution in [2.45, 2.75) is 76.7 Å². The highest BCUT2D eigenvalue weighted by atomic mass is 32.2. The van der Waals surface area contributed by atoms with Gasteiger partial charge in [-0.3, -0.25) is 4.55 Å². The molecule has 0 radical (unpaired) electrons. The summed E-state index contributed by atoms with van der Waals surface area (Å²) < 4.78 is 88.5. The number of rotatable bonds is 10. The largest absolute Gasteiger partial charge is 0.493 e. The standard InChI is InChI=1S/C29H29F3O6S2/c1-28(37-25-8-5-9-26(25)38-28)20-10-14-23(15-11-20)39(22-6-3-2-4-7-22)24-16-12-21(13-17-24)36-19-18-27(30)29(31,32)40(33,34)35/h2-4,6-7,10-17,25-27H,5,8-9,18-19H2,1H3/p+1. The second-order valence-electron chi connectivity index (χ2n) is 9.95. The number of benzene rings is 3. The summed E-state index contributed by atoms with van der Waals surface area (Å²) in [6.07, 6.45) is -0.589. The fourth-order valence-electron chi connectivity index (χ4n) is 5.04. The number of ether oxygens (including phenoxy) is 3. The molecular weight excluding hydrogens is 565 g/mol. The van der Waals surface area contributed by atoms with Crippen LogP contribution >= 0.6 is 0 Å². The molecule has 1 saturated heterocycles. The van der Waals surface area contributed by atoms with E-state index in [0.717, 1.165) is 39.5 Å². The van der Waals surface area contributed by atoms with Gasteiger partial charge < -0.3 is 14.2 Å². The molecule has 3 aromatic carbocycles. The maximum Gasteiger partial charge on any atom is 0.400 e. The minimum Gasteiger partial charge on any atom is -0.493 e. The molecule has 0 amide bonds. The molecule has 1 aliphatic heterocycles. The van der Waals surface area contributed by atoms with Gasteiger partial charge in [-0.1, -0.05) is 18.2 Å². The molecule has 1 heterocycles. The second-order valence-corrected chi connectivity index (χ2v) is 13.5. The Morgan fingerprint density at radius 3 is 2.02 bits per heavy atom. The monoisotopic (exact) mass is 595 g/mol. The molecule has 0 aromatic heterocycles. The first-order valence-corrected chi connectivity index (χ1v) is 15.6. The van der Waals surface area contributed by atoms with Gasteiger partial charge in [0.1, 0.15) is 5.75 Å². The van der Waals surface area contributed by atoms with Gasteiger partial charge in [-0.25, -0.2) is 4.39 Å². The minimum atomic E-state index is -5.86. The summed E-state index contributed by atoms with van der Waals surface area (Å²) in [5.74, 6) is -0.463. The van der Waals surface area contributed by atoms with Crippen LogP contribution in [0.4, 0.5) is 13.2 Å². The van der Waals surface area contributed by atoms with Crippen molar-refractivity contribution in [1.82, 2.24) is 0 Å². The van der Waals surface area contributed by atoms with Gasteiger partial charge in [0.2, 0.25) is 0 Å². The normalized spacial score (nSPS) is 24.4. The van der Waals surface area contributed by atoms with Gasteiger partial charge >= 0.3 is 15.4 Å². The van der Waals surface area contributed by atoms with Crippen LogP contribution in [0.5, 0.6) is 5.75 Å². The van der Waals surface area contributed by atoms with Crippen molar-refractivity contribution >= 4 is 21.0 Å². The van der Waals surface area contributed by atoms with E-state index in [9.17, 15) is 21.6 Å². The van der Waals surface area contributed by atoms with Gasteiger partial charge in [0.25, 0.3) is 0 Å². The summed E-state index contributed by atoms with van der Waals surface area (Å²) in [6.45, 7) is 1.47. The van der Waals surface area contributed by atoms with Crippen molar-refractivity contribution in [3.63, 3.8) is 0 Å². The maximum absolute atomic E-state index is 13.8. The van der Waals surface area contributed by atoms with E-state index in [1.807, 2.05) is 61.5 Å². The Morgan fingerprint density at radius 2 is 1.48 bits per heavy atom. The van der Waals surface area contributed by atoms with Gasteiger partial charge in [0, 0.05) is 12.0 Å². The second kappa shape index (κ2) is 11.4. The SMILES string of the molecule is CC1(c2ccc([S+](c3ccccc3)c3ccc(OCCC(F)C(F)(F)S(=O)(=O)O)cc3)cc2)OC2CCCC2O1. The van der Waals surface area contributed by atoms with Gasteiger partial charge in [-0.2, -0.15) is 17.2 Å². The van der Waals surface area contributed by atoms with E-state index in [1.165, 1.54) is 0 Å². The molecule has 0 spiro atoms. The lowest BCUT2D eigenvalue weighted by molar-refractivity contribution is -0.174. The van der Waals surface area contributed by atoms with Gasteiger partial charge in [-0.15, -0.1) is 0 Å². The zero-order valence-corrected chi connectivity index (χ0v) is 23.3. The molecule has 1 N–H and O–H groups in total. The summed E-state index contributed by atoms with van der Waals surface area (Å²) in [7, 11) is -6.33. The van der Waals surface area contributed by atoms with Crippen molar-refractivity contribution in [2.75, 3.05) is 6.61 Å². The highest BCUT2D eigenvalue weighted by molar-refractivity contribution is 7.97. The topological polar surface area (TPSA) is 82.1 Å². The highest BCUT2D eigenvalue weighted by Crippen LogP contribution is 2.44. The molecule has 0 bridgehead atoms. The Morgan fingerprint density at radius 1 is 0.950 bits per heavy atom. The van der Waals surface area contributed by atoms with Gasteiger partial charge in [0.15, 0.2) is 26.6 Å². The predicted molar refractivity (Wildman–Crippen MR) is 144 cm³/mol. The highest BCUT2D eigenvalue weighted by Gasteiger charge is 2.52. The van der Waals surface area contributed by atoms with Crippen LogP contribution < -0.4 is 4.74 Å². The molecule has 4 unspecified atom stereocenters. The quantitative estimate of drug-likeness (QED) is 0.213. The minimum absolute atomic E-state index is 0.138. The zero-order chi connectivity index (χ0) is 28.5. The lowest BCUT2D eigenvalue weighted by Crippen LogP contribution is -2.39. The van der Waals surface area contributed by atoms with Gasteiger partial charge in [0.05, 0.1) is 29.7 Å². The first kappa shape index (κ1) is 28.9. The maximum atomic E-state index is 13.8. The lowest BCUT2D eigenvalue weighted by Gasteiger charge is -2.25. The molecule has 214 valence electrons. The smallest absolute Gasteiger partial charge is 0.400 e. The van der Waals surface area contributed by atoms with Crippen LogP contribution in [0.15, 0.2) is 93.5 Å².